The highest BCUT2D eigenvalue weighted by atomic mass is 19.3. The van der Waals surface area contributed by atoms with E-state index < -0.39 is 6.43 Å². The lowest BCUT2D eigenvalue weighted by atomic mass is 10.3. The molecule has 0 aliphatic rings. The van der Waals surface area contributed by atoms with E-state index in [1.54, 1.807) is 20.2 Å². The predicted octanol–water partition coefficient (Wildman–Crippen LogP) is 1.92. The van der Waals surface area contributed by atoms with Crippen LogP contribution in [0.3, 0.4) is 0 Å². The lowest BCUT2D eigenvalue weighted by Crippen LogP contribution is -2.26. The van der Waals surface area contributed by atoms with Crippen LogP contribution in [0.25, 0.3) is 0 Å². The van der Waals surface area contributed by atoms with Crippen LogP contribution in [-0.2, 0) is 0 Å². The summed E-state index contributed by atoms with van der Waals surface area (Å²) < 4.78 is 24.5. The molecule has 0 aliphatic heterocycles. The summed E-state index contributed by atoms with van der Waals surface area (Å²) in [6.07, 6.45) is -0.746. The van der Waals surface area contributed by atoms with Gasteiger partial charge in [-0.05, 0) is 13.8 Å². The van der Waals surface area contributed by atoms with Crippen LogP contribution in [0.1, 0.15) is 12.5 Å². The molecule has 4 nitrogen and oxygen atoms in total. The second-order valence-corrected chi connectivity index (χ2v) is 3.50. The van der Waals surface area contributed by atoms with E-state index >= 15 is 0 Å². The second kappa shape index (κ2) is 5.58. The molecule has 0 unspecified atom stereocenters. The molecule has 0 amide bonds. The maximum atomic E-state index is 12.3. The number of halogens is 2. The Hall–Kier alpha value is -1.46. The molecule has 1 rings (SSSR count). The lowest BCUT2D eigenvalue weighted by Gasteiger charge is -2.19. The molecule has 0 fully saturated rings. The van der Waals surface area contributed by atoms with E-state index in [9.17, 15) is 8.78 Å². The summed E-state index contributed by atoms with van der Waals surface area (Å²) in [5, 5.41) is 2.95. The Kier molecular flexibility index (Phi) is 4.39. The number of nitrogens with one attached hydrogen (secondary N) is 1. The molecular formula is C10H16F2N4. The van der Waals surface area contributed by atoms with E-state index in [0.717, 1.165) is 5.56 Å². The fourth-order valence-electron chi connectivity index (χ4n) is 1.36. The standard InChI is InChI=1S/C10H16F2N4/c1-4-13-10-14-5-7(2)9(15-10)16(3)6-8(11)12/h5,8H,4,6H2,1-3H3,(H,13,14,15). The quantitative estimate of drug-likeness (QED) is 0.839. The third-order valence-corrected chi connectivity index (χ3v) is 2.05. The largest absolute Gasteiger partial charge is 0.354 e. The van der Waals surface area contributed by atoms with Gasteiger partial charge in [0.15, 0.2) is 0 Å². The van der Waals surface area contributed by atoms with Crippen molar-refractivity contribution in [2.75, 3.05) is 30.4 Å². The predicted molar refractivity (Wildman–Crippen MR) is 60.2 cm³/mol. The van der Waals surface area contributed by atoms with Gasteiger partial charge in [0.1, 0.15) is 5.82 Å². The molecule has 0 atom stereocenters. The van der Waals surface area contributed by atoms with Crippen LogP contribution < -0.4 is 10.2 Å². The smallest absolute Gasteiger partial charge is 0.255 e. The zero-order valence-electron chi connectivity index (χ0n) is 9.67. The highest BCUT2D eigenvalue weighted by Crippen LogP contribution is 2.17. The molecule has 0 aromatic carbocycles. The summed E-state index contributed by atoms with van der Waals surface area (Å²) in [5.41, 5.74) is 0.782. The van der Waals surface area contributed by atoms with Gasteiger partial charge in [0.05, 0.1) is 6.54 Å². The summed E-state index contributed by atoms with van der Waals surface area (Å²) >= 11 is 0. The third-order valence-electron chi connectivity index (χ3n) is 2.05. The van der Waals surface area contributed by atoms with E-state index in [1.807, 2.05) is 6.92 Å². The summed E-state index contributed by atoms with van der Waals surface area (Å²) in [6, 6.07) is 0. The minimum absolute atomic E-state index is 0.330. The van der Waals surface area contributed by atoms with Crippen molar-refractivity contribution in [1.29, 1.82) is 0 Å². The van der Waals surface area contributed by atoms with Gasteiger partial charge in [0.25, 0.3) is 6.43 Å². The number of anilines is 2. The molecule has 90 valence electrons. The van der Waals surface area contributed by atoms with Crippen LogP contribution >= 0.6 is 0 Å². The molecule has 6 heteroatoms. The number of aryl methyl sites for hydroxylation is 1. The zero-order chi connectivity index (χ0) is 12.1. The fourth-order valence-corrected chi connectivity index (χ4v) is 1.36. The number of rotatable bonds is 5. The van der Waals surface area contributed by atoms with Crippen molar-refractivity contribution in [3.63, 3.8) is 0 Å². The van der Waals surface area contributed by atoms with Gasteiger partial charge in [0, 0.05) is 25.4 Å². The number of alkyl halides is 2. The molecule has 0 spiro atoms. The molecular weight excluding hydrogens is 214 g/mol. The van der Waals surface area contributed by atoms with Gasteiger partial charge in [0.2, 0.25) is 5.95 Å². The van der Waals surface area contributed by atoms with Crippen molar-refractivity contribution in [3.05, 3.63) is 11.8 Å². The zero-order valence-corrected chi connectivity index (χ0v) is 9.67. The van der Waals surface area contributed by atoms with E-state index in [1.165, 1.54) is 4.90 Å². The molecule has 0 bridgehead atoms. The number of hydrogen-bond donors (Lipinski definition) is 1. The van der Waals surface area contributed by atoms with Gasteiger partial charge < -0.3 is 10.2 Å². The van der Waals surface area contributed by atoms with Crippen molar-refractivity contribution in [2.24, 2.45) is 0 Å². The second-order valence-electron chi connectivity index (χ2n) is 3.50. The fraction of sp³-hybridized carbons (Fsp3) is 0.600. The van der Waals surface area contributed by atoms with Crippen LogP contribution in [0.5, 0.6) is 0 Å². The Balaban J connectivity index is 2.88. The minimum atomic E-state index is -2.37. The van der Waals surface area contributed by atoms with Crippen LogP contribution in [0.15, 0.2) is 6.20 Å². The van der Waals surface area contributed by atoms with Gasteiger partial charge in [-0.3, -0.25) is 0 Å². The monoisotopic (exact) mass is 230 g/mol. The molecule has 1 heterocycles. The molecule has 0 radical (unpaired) electrons. The Morgan fingerprint density at radius 1 is 1.50 bits per heavy atom. The van der Waals surface area contributed by atoms with Gasteiger partial charge in [-0.1, -0.05) is 0 Å². The van der Waals surface area contributed by atoms with Crippen molar-refractivity contribution in [2.45, 2.75) is 20.3 Å². The Morgan fingerprint density at radius 2 is 2.19 bits per heavy atom. The Morgan fingerprint density at radius 3 is 2.75 bits per heavy atom. The van der Waals surface area contributed by atoms with E-state index in [2.05, 4.69) is 15.3 Å². The molecule has 0 saturated heterocycles. The first-order chi connectivity index (χ1) is 7.54. The summed E-state index contributed by atoms with van der Waals surface area (Å²) in [6.45, 7) is 4.09. The van der Waals surface area contributed by atoms with Gasteiger partial charge in [-0.15, -0.1) is 0 Å². The molecule has 1 N–H and O–H groups in total. The normalized spacial score (nSPS) is 10.6. The lowest BCUT2D eigenvalue weighted by molar-refractivity contribution is 0.156. The molecule has 1 aromatic heterocycles. The van der Waals surface area contributed by atoms with Crippen LogP contribution in [-0.4, -0.2) is 36.5 Å². The van der Waals surface area contributed by atoms with E-state index in [-0.39, 0.29) is 6.54 Å². The molecule has 1 aromatic rings. The Bertz CT molecular complexity index is 344. The first-order valence-electron chi connectivity index (χ1n) is 5.11. The minimum Gasteiger partial charge on any atom is -0.354 e. The van der Waals surface area contributed by atoms with E-state index in [0.29, 0.717) is 18.3 Å². The van der Waals surface area contributed by atoms with Crippen LogP contribution in [0.2, 0.25) is 0 Å². The maximum absolute atomic E-state index is 12.3. The average Bonchev–Trinajstić information content (AvgIpc) is 2.20. The van der Waals surface area contributed by atoms with Crippen molar-refractivity contribution < 1.29 is 8.78 Å². The van der Waals surface area contributed by atoms with Crippen LogP contribution in [0.4, 0.5) is 20.5 Å². The van der Waals surface area contributed by atoms with Gasteiger partial charge >= 0.3 is 0 Å². The first kappa shape index (κ1) is 12.6. The van der Waals surface area contributed by atoms with Crippen LogP contribution in [0, 0.1) is 6.92 Å². The van der Waals surface area contributed by atoms with Gasteiger partial charge in [-0.2, -0.15) is 4.98 Å². The molecule has 0 saturated carbocycles. The van der Waals surface area contributed by atoms with Crippen molar-refractivity contribution in [3.8, 4) is 0 Å². The number of hydrogen-bond acceptors (Lipinski definition) is 4. The summed E-state index contributed by atoms with van der Waals surface area (Å²) in [7, 11) is 1.59. The average molecular weight is 230 g/mol. The van der Waals surface area contributed by atoms with Crippen molar-refractivity contribution in [1.82, 2.24) is 9.97 Å². The first-order valence-corrected chi connectivity index (χ1v) is 5.11. The highest BCUT2D eigenvalue weighted by Gasteiger charge is 2.12. The van der Waals surface area contributed by atoms with Gasteiger partial charge in [-0.25, -0.2) is 13.8 Å². The van der Waals surface area contributed by atoms with Crippen molar-refractivity contribution >= 4 is 11.8 Å². The molecule has 16 heavy (non-hydrogen) atoms. The summed E-state index contributed by atoms with van der Waals surface area (Å²) in [4.78, 5) is 9.67. The third kappa shape index (κ3) is 3.29. The van der Waals surface area contributed by atoms with E-state index in [4.69, 9.17) is 0 Å². The highest BCUT2D eigenvalue weighted by molar-refractivity contribution is 5.48. The number of aromatic nitrogens is 2. The maximum Gasteiger partial charge on any atom is 0.255 e. The topological polar surface area (TPSA) is 41.1 Å². The summed E-state index contributed by atoms with van der Waals surface area (Å²) in [5.74, 6) is 0.996. The number of nitrogens with zero attached hydrogens (tertiary/aromatic N) is 3. The SMILES string of the molecule is CCNc1ncc(C)c(N(C)CC(F)F)n1. The molecule has 0 aliphatic carbocycles. The Labute approximate surface area is 93.7 Å².